The molecule has 26 heavy (non-hydrogen) atoms. The second-order valence-electron chi connectivity index (χ2n) is 7.18. The van der Waals surface area contributed by atoms with Crippen LogP contribution in [0.2, 0.25) is 0 Å². The van der Waals surface area contributed by atoms with E-state index in [0.29, 0.717) is 25.7 Å². The highest BCUT2D eigenvalue weighted by atomic mass is 32.2. The van der Waals surface area contributed by atoms with Crippen LogP contribution < -0.4 is 5.32 Å². The summed E-state index contributed by atoms with van der Waals surface area (Å²) in [5.74, 6) is 0. The highest BCUT2D eigenvalue weighted by molar-refractivity contribution is 7.92. The standard InChI is InChI=1S/C20H24N2O3S/c1-26(24,25)20(22-18-9-11-19(23)12-10-18)13-16(7-8-17(20)14-21)15-5-3-2-4-6-15/h2-8,18-19,22-23H,9-13H2,1H3. The average molecular weight is 372 g/mol. The number of rotatable bonds is 4. The number of nitriles is 1. The summed E-state index contributed by atoms with van der Waals surface area (Å²) in [6.45, 7) is 0. The van der Waals surface area contributed by atoms with E-state index < -0.39 is 14.7 Å². The Kier molecular flexibility index (Phi) is 5.33. The molecule has 1 aromatic carbocycles. The van der Waals surface area contributed by atoms with Crippen LogP contribution in [0.15, 0.2) is 48.1 Å². The van der Waals surface area contributed by atoms with Crippen LogP contribution in [0.5, 0.6) is 0 Å². The van der Waals surface area contributed by atoms with Crippen molar-refractivity contribution >= 4 is 15.4 Å². The molecule has 138 valence electrons. The maximum absolute atomic E-state index is 12.9. The fraction of sp³-hybridized carbons (Fsp3) is 0.450. The molecule has 1 fully saturated rings. The van der Waals surface area contributed by atoms with Crippen molar-refractivity contribution in [2.24, 2.45) is 0 Å². The summed E-state index contributed by atoms with van der Waals surface area (Å²) in [5.41, 5.74) is 2.07. The number of sulfone groups is 1. The van der Waals surface area contributed by atoms with E-state index in [0.717, 1.165) is 11.1 Å². The number of aliphatic hydroxyl groups is 1. The molecule has 1 atom stereocenters. The maximum Gasteiger partial charge on any atom is 0.171 e. The number of allylic oxidation sites excluding steroid dienone is 2. The van der Waals surface area contributed by atoms with E-state index in [4.69, 9.17) is 0 Å². The number of nitrogens with zero attached hydrogens (tertiary/aromatic N) is 1. The van der Waals surface area contributed by atoms with Crippen molar-refractivity contribution in [1.29, 1.82) is 5.26 Å². The first-order chi connectivity index (χ1) is 12.4. The Morgan fingerprint density at radius 3 is 2.38 bits per heavy atom. The van der Waals surface area contributed by atoms with E-state index in [1.807, 2.05) is 36.4 Å². The first-order valence-electron chi connectivity index (χ1n) is 8.88. The molecule has 1 aromatic rings. The largest absolute Gasteiger partial charge is 0.393 e. The van der Waals surface area contributed by atoms with Gasteiger partial charge in [-0.05, 0) is 42.9 Å². The van der Waals surface area contributed by atoms with Gasteiger partial charge in [-0.25, -0.2) is 8.42 Å². The van der Waals surface area contributed by atoms with Crippen molar-refractivity contribution in [3.05, 3.63) is 53.6 Å². The monoisotopic (exact) mass is 372 g/mol. The summed E-state index contributed by atoms with van der Waals surface area (Å²) in [7, 11) is -3.61. The molecule has 1 unspecified atom stereocenters. The molecule has 3 rings (SSSR count). The molecule has 2 N–H and O–H groups in total. The SMILES string of the molecule is CS(=O)(=O)C1(NC2CCC(O)CC2)CC(c2ccccc2)=CC=C1C#N. The topological polar surface area (TPSA) is 90.2 Å². The van der Waals surface area contributed by atoms with Gasteiger partial charge in [0.2, 0.25) is 0 Å². The molecule has 2 aliphatic carbocycles. The molecule has 0 heterocycles. The second-order valence-corrected chi connectivity index (χ2v) is 9.42. The fourth-order valence-corrected chi connectivity index (χ4v) is 5.15. The van der Waals surface area contributed by atoms with Crippen LogP contribution in [0, 0.1) is 11.3 Å². The molecule has 0 radical (unpaired) electrons. The van der Waals surface area contributed by atoms with Crippen LogP contribution in [0.25, 0.3) is 5.57 Å². The van der Waals surface area contributed by atoms with Gasteiger partial charge in [0.15, 0.2) is 14.7 Å². The minimum Gasteiger partial charge on any atom is -0.393 e. The molecule has 0 bridgehead atoms. The van der Waals surface area contributed by atoms with Crippen molar-refractivity contribution in [1.82, 2.24) is 5.32 Å². The van der Waals surface area contributed by atoms with Crippen molar-refractivity contribution in [3.8, 4) is 6.07 Å². The van der Waals surface area contributed by atoms with Gasteiger partial charge in [-0.3, -0.25) is 5.32 Å². The lowest BCUT2D eigenvalue weighted by molar-refractivity contribution is 0.114. The Balaban J connectivity index is 1.99. The van der Waals surface area contributed by atoms with E-state index >= 15 is 0 Å². The van der Waals surface area contributed by atoms with Crippen LogP contribution in [0.4, 0.5) is 0 Å². The van der Waals surface area contributed by atoms with Crippen molar-refractivity contribution in [2.45, 2.75) is 49.1 Å². The summed E-state index contributed by atoms with van der Waals surface area (Å²) in [6.07, 6.45) is 7.23. The fourth-order valence-electron chi connectivity index (χ4n) is 3.84. The quantitative estimate of drug-likeness (QED) is 0.848. The molecule has 0 aliphatic heterocycles. The summed E-state index contributed by atoms with van der Waals surface area (Å²) in [4.78, 5) is -1.42. The van der Waals surface area contributed by atoms with Gasteiger partial charge >= 0.3 is 0 Å². The maximum atomic E-state index is 12.9. The highest BCUT2D eigenvalue weighted by Gasteiger charge is 2.48. The molecular formula is C20H24N2O3S. The third-order valence-electron chi connectivity index (χ3n) is 5.36. The predicted octanol–water partition coefficient (Wildman–Crippen LogP) is 2.56. The Hall–Kier alpha value is -1.94. The molecule has 0 amide bonds. The first kappa shape index (κ1) is 18.8. The Labute approximate surface area is 155 Å². The minimum atomic E-state index is -3.61. The number of hydrogen-bond acceptors (Lipinski definition) is 5. The normalized spacial score (nSPS) is 29.4. The average Bonchev–Trinajstić information content (AvgIpc) is 2.63. The van der Waals surface area contributed by atoms with Crippen molar-refractivity contribution in [2.75, 3.05) is 6.26 Å². The summed E-state index contributed by atoms with van der Waals surface area (Å²) in [5, 5.41) is 22.7. The summed E-state index contributed by atoms with van der Waals surface area (Å²) in [6, 6.07) is 11.7. The molecule has 0 aromatic heterocycles. The van der Waals surface area contributed by atoms with E-state index in [2.05, 4.69) is 11.4 Å². The van der Waals surface area contributed by atoms with E-state index in [1.165, 1.54) is 6.26 Å². The lowest BCUT2D eigenvalue weighted by Gasteiger charge is -2.40. The third kappa shape index (κ3) is 3.61. The van der Waals surface area contributed by atoms with E-state index in [9.17, 15) is 18.8 Å². The first-order valence-corrected chi connectivity index (χ1v) is 10.8. The Morgan fingerprint density at radius 2 is 1.81 bits per heavy atom. The molecule has 1 saturated carbocycles. The van der Waals surface area contributed by atoms with Gasteiger partial charge < -0.3 is 5.11 Å². The molecule has 0 saturated heterocycles. The van der Waals surface area contributed by atoms with Crippen LogP contribution >= 0.6 is 0 Å². The van der Waals surface area contributed by atoms with Crippen LogP contribution in [0.3, 0.4) is 0 Å². The molecule has 0 spiro atoms. The molecule has 5 nitrogen and oxygen atoms in total. The van der Waals surface area contributed by atoms with E-state index in [-0.39, 0.29) is 24.1 Å². The predicted molar refractivity (Wildman–Crippen MR) is 102 cm³/mol. The van der Waals surface area contributed by atoms with Crippen LogP contribution in [0.1, 0.15) is 37.7 Å². The van der Waals surface area contributed by atoms with Crippen molar-refractivity contribution in [3.63, 3.8) is 0 Å². The molecule has 2 aliphatic rings. The third-order valence-corrected chi connectivity index (χ3v) is 7.11. The lowest BCUT2D eigenvalue weighted by atomic mass is 9.86. The van der Waals surface area contributed by atoms with Crippen LogP contribution in [-0.2, 0) is 9.84 Å². The zero-order valence-electron chi connectivity index (χ0n) is 14.9. The molecule has 6 heteroatoms. The Bertz CT molecular complexity index is 860. The van der Waals surface area contributed by atoms with Gasteiger partial charge in [0.05, 0.1) is 17.7 Å². The number of aliphatic hydroxyl groups excluding tert-OH is 1. The lowest BCUT2D eigenvalue weighted by Crippen LogP contribution is -2.58. The van der Waals surface area contributed by atoms with Gasteiger partial charge in [-0.15, -0.1) is 0 Å². The highest BCUT2D eigenvalue weighted by Crippen LogP contribution is 2.39. The Morgan fingerprint density at radius 1 is 1.15 bits per heavy atom. The smallest absolute Gasteiger partial charge is 0.171 e. The van der Waals surface area contributed by atoms with Crippen LogP contribution in [-0.4, -0.2) is 36.8 Å². The van der Waals surface area contributed by atoms with Gasteiger partial charge in [0.1, 0.15) is 0 Å². The van der Waals surface area contributed by atoms with Gasteiger partial charge in [-0.2, -0.15) is 5.26 Å². The number of hydrogen-bond donors (Lipinski definition) is 2. The van der Waals surface area contributed by atoms with Crippen molar-refractivity contribution < 1.29 is 13.5 Å². The zero-order chi connectivity index (χ0) is 18.8. The van der Waals surface area contributed by atoms with Gasteiger partial charge in [0, 0.05) is 18.7 Å². The van der Waals surface area contributed by atoms with Gasteiger partial charge in [0.25, 0.3) is 0 Å². The number of benzene rings is 1. The second kappa shape index (κ2) is 7.36. The zero-order valence-corrected chi connectivity index (χ0v) is 15.7. The molecular weight excluding hydrogens is 348 g/mol. The van der Waals surface area contributed by atoms with Gasteiger partial charge in [-0.1, -0.05) is 36.4 Å². The summed E-state index contributed by atoms with van der Waals surface area (Å²) >= 11 is 0. The minimum absolute atomic E-state index is 0.0417. The van der Waals surface area contributed by atoms with E-state index in [1.54, 1.807) is 6.08 Å². The summed E-state index contributed by atoms with van der Waals surface area (Å²) < 4.78 is 25.7. The number of nitrogens with one attached hydrogen (secondary N) is 1.